The van der Waals surface area contributed by atoms with Crippen molar-refractivity contribution in [3.63, 3.8) is 0 Å². The average Bonchev–Trinajstić information content (AvgIpc) is 2.44. The summed E-state index contributed by atoms with van der Waals surface area (Å²) in [5.74, 6) is -0.00573. The molecule has 1 rings (SSSR count). The molecular formula is C14H27N3O3. The molecule has 6 nitrogen and oxygen atoms in total. The fraction of sp³-hybridized carbons (Fsp3) is 0.857. The van der Waals surface area contributed by atoms with Crippen molar-refractivity contribution in [2.24, 2.45) is 5.73 Å². The second-order valence-corrected chi connectivity index (χ2v) is 5.24. The second-order valence-electron chi connectivity index (χ2n) is 5.24. The van der Waals surface area contributed by atoms with E-state index in [0.717, 1.165) is 38.6 Å². The molecule has 0 aromatic heterocycles. The molecule has 0 spiro atoms. The van der Waals surface area contributed by atoms with Crippen LogP contribution in [0.3, 0.4) is 0 Å². The van der Waals surface area contributed by atoms with Crippen molar-refractivity contribution in [1.82, 2.24) is 10.2 Å². The quantitative estimate of drug-likeness (QED) is 0.769. The maximum absolute atomic E-state index is 12.2. The molecule has 0 aromatic carbocycles. The summed E-state index contributed by atoms with van der Waals surface area (Å²) in [6.07, 6.45) is 4.05. The topological polar surface area (TPSA) is 84.7 Å². The van der Waals surface area contributed by atoms with Crippen LogP contribution in [0, 0.1) is 0 Å². The van der Waals surface area contributed by atoms with Gasteiger partial charge in [0.25, 0.3) is 0 Å². The molecule has 0 aromatic rings. The molecule has 2 atom stereocenters. The predicted molar refractivity (Wildman–Crippen MR) is 77.3 cm³/mol. The third-order valence-corrected chi connectivity index (χ3v) is 3.52. The Morgan fingerprint density at radius 2 is 2.20 bits per heavy atom. The zero-order valence-electron chi connectivity index (χ0n) is 12.6. The first kappa shape index (κ1) is 16.8. The van der Waals surface area contributed by atoms with Crippen LogP contribution in [0.15, 0.2) is 0 Å². The molecule has 0 bridgehead atoms. The number of alkyl carbamates (subject to hydrolysis) is 1. The molecule has 0 radical (unpaired) electrons. The highest BCUT2D eigenvalue weighted by Gasteiger charge is 2.27. The van der Waals surface area contributed by atoms with E-state index in [9.17, 15) is 9.59 Å². The van der Waals surface area contributed by atoms with Crippen LogP contribution in [0.4, 0.5) is 4.79 Å². The van der Waals surface area contributed by atoms with Gasteiger partial charge in [-0.25, -0.2) is 4.79 Å². The van der Waals surface area contributed by atoms with Gasteiger partial charge in [-0.15, -0.1) is 0 Å². The minimum atomic E-state index is -0.420. The Hall–Kier alpha value is -1.30. The van der Waals surface area contributed by atoms with Crippen LogP contribution in [0.25, 0.3) is 0 Å². The number of rotatable bonds is 6. The lowest BCUT2D eigenvalue weighted by atomic mass is 10.0. The molecule has 1 aliphatic rings. The molecule has 116 valence electrons. The molecule has 1 fully saturated rings. The minimum absolute atomic E-state index is 0.00573. The van der Waals surface area contributed by atoms with Gasteiger partial charge in [0.05, 0.1) is 12.6 Å². The number of unbranched alkanes of at least 4 members (excludes halogenated alkanes) is 1. The molecule has 0 aliphatic carbocycles. The summed E-state index contributed by atoms with van der Waals surface area (Å²) in [5, 5.41) is 2.79. The highest BCUT2D eigenvalue weighted by Crippen LogP contribution is 2.12. The molecule has 2 unspecified atom stereocenters. The van der Waals surface area contributed by atoms with E-state index in [4.69, 9.17) is 10.5 Å². The Labute approximate surface area is 121 Å². The van der Waals surface area contributed by atoms with E-state index in [2.05, 4.69) is 12.2 Å². The Bertz CT molecular complexity index is 323. The van der Waals surface area contributed by atoms with Crippen molar-refractivity contribution in [3.8, 4) is 0 Å². The molecule has 3 N–H and O–H groups in total. The van der Waals surface area contributed by atoms with Gasteiger partial charge < -0.3 is 20.7 Å². The van der Waals surface area contributed by atoms with Gasteiger partial charge in [0.1, 0.15) is 0 Å². The largest absolute Gasteiger partial charge is 0.450 e. The highest BCUT2D eigenvalue weighted by atomic mass is 16.5. The number of carbonyl (C=O) groups excluding carboxylic acids is 2. The number of nitrogens with zero attached hydrogens (tertiary/aromatic N) is 1. The predicted octanol–water partition coefficient (Wildman–Crippen LogP) is 1.24. The van der Waals surface area contributed by atoms with E-state index in [1.54, 1.807) is 11.8 Å². The zero-order chi connectivity index (χ0) is 15.0. The Balaban J connectivity index is 2.43. The Morgan fingerprint density at radius 1 is 1.45 bits per heavy atom. The summed E-state index contributed by atoms with van der Waals surface area (Å²) < 4.78 is 4.86. The summed E-state index contributed by atoms with van der Waals surface area (Å²) in [7, 11) is 0. The van der Waals surface area contributed by atoms with Crippen LogP contribution in [-0.4, -0.2) is 48.7 Å². The number of piperidine rings is 1. The first-order valence-corrected chi connectivity index (χ1v) is 7.56. The number of likely N-dealkylation sites (tertiary alicyclic amines) is 1. The van der Waals surface area contributed by atoms with Gasteiger partial charge in [-0.2, -0.15) is 0 Å². The molecule has 1 saturated heterocycles. The van der Waals surface area contributed by atoms with Gasteiger partial charge in [0, 0.05) is 19.1 Å². The second kappa shape index (κ2) is 8.79. The summed E-state index contributed by atoms with van der Waals surface area (Å²) in [6, 6.07) is -0.457. The van der Waals surface area contributed by atoms with Gasteiger partial charge in [-0.1, -0.05) is 19.8 Å². The van der Waals surface area contributed by atoms with Crippen LogP contribution in [0.1, 0.15) is 46.0 Å². The van der Waals surface area contributed by atoms with Crippen molar-refractivity contribution in [2.45, 2.75) is 58.0 Å². The van der Waals surface area contributed by atoms with Gasteiger partial charge >= 0.3 is 6.09 Å². The van der Waals surface area contributed by atoms with Crippen LogP contribution in [0.5, 0.6) is 0 Å². The number of carbonyl (C=O) groups is 2. The monoisotopic (exact) mass is 285 g/mol. The lowest BCUT2D eigenvalue weighted by Gasteiger charge is -2.34. The van der Waals surface area contributed by atoms with Crippen molar-refractivity contribution >= 4 is 12.0 Å². The van der Waals surface area contributed by atoms with Crippen molar-refractivity contribution in [2.75, 3.05) is 19.7 Å². The van der Waals surface area contributed by atoms with Crippen molar-refractivity contribution in [1.29, 1.82) is 0 Å². The smallest absolute Gasteiger partial charge is 0.407 e. The molecule has 1 aliphatic heterocycles. The van der Waals surface area contributed by atoms with E-state index in [1.165, 1.54) is 0 Å². The highest BCUT2D eigenvalue weighted by molar-refractivity contribution is 5.81. The molecule has 2 amide bonds. The molecule has 20 heavy (non-hydrogen) atoms. The normalized spacial score (nSPS) is 20.4. The molecule has 1 heterocycles. The molecule has 0 saturated carbocycles. The summed E-state index contributed by atoms with van der Waals surface area (Å²) >= 11 is 0. The van der Waals surface area contributed by atoms with Gasteiger partial charge in [0.2, 0.25) is 5.91 Å². The van der Waals surface area contributed by atoms with Crippen LogP contribution >= 0.6 is 0 Å². The van der Waals surface area contributed by atoms with Gasteiger partial charge in [0.15, 0.2) is 0 Å². The first-order valence-electron chi connectivity index (χ1n) is 7.56. The summed E-state index contributed by atoms with van der Waals surface area (Å²) in [6.45, 7) is 5.45. The van der Waals surface area contributed by atoms with Crippen LogP contribution in [-0.2, 0) is 9.53 Å². The van der Waals surface area contributed by atoms with Crippen LogP contribution in [0.2, 0.25) is 0 Å². The maximum Gasteiger partial charge on any atom is 0.407 e. The number of ether oxygens (including phenoxy) is 1. The SMILES string of the molecule is CCCCC(N)C(=O)N1CCCC(NC(=O)OCC)C1. The van der Waals surface area contributed by atoms with E-state index >= 15 is 0 Å². The number of hydrogen-bond donors (Lipinski definition) is 2. The fourth-order valence-corrected chi connectivity index (χ4v) is 2.42. The lowest BCUT2D eigenvalue weighted by molar-refractivity contribution is -0.134. The van der Waals surface area contributed by atoms with E-state index in [1.807, 2.05) is 0 Å². The summed E-state index contributed by atoms with van der Waals surface area (Å²) in [4.78, 5) is 25.4. The number of hydrogen-bond acceptors (Lipinski definition) is 4. The lowest BCUT2D eigenvalue weighted by Crippen LogP contribution is -2.53. The van der Waals surface area contributed by atoms with Crippen molar-refractivity contribution in [3.05, 3.63) is 0 Å². The Kier molecular flexibility index (Phi) is 7.36. The minimum Gasteiger partial charge on any atom is -0.450 e. The number of amides is 2. The number of nitrogens with two attached hydrogens (primary N) is 1. The van der Waals surface area contributed by atoms with E-state index in [-0.39, 0.29) is 11.9 Å². The maximum atomic E-state index is 12.2. The molecular weight excluding hydrogens is 258 g/mol. The zero-order valence-corrected chi connectivity index (χ0v) is 12.6. The standard InChI is InChI=1S/C14H27N3O3/c1-3-5-8-12(15)13(18)17-9-6-7-11(10-17)16-14(19)20-4-2/h11-12H,3-10,15H2,1-2H3,(H,16,19). The van der Waals surface area contributed by atoms with Crippen molar-refractivity contribution < 1.29 is 14.3 Å². The number of nitrogens with one attached hydrogen (secondary N) is 1. The fourth-order valence-electron chi connectivity index (χ4n) is 2.42. The average molecular weight is 285 g/mol. The first-order chi connectivity index (χ1) is 9.58. The van der Waals surface area contributed by atoms with E-state index in [0.29, 0.717) is 13.2 Å². The third kappa shape index (κ3) is 5.36. The Morgan fingerprint density at radius 3 is 2.85 bits per heavy atom. The summed E-state index contributed by atoms with van der Waals surface area (Å²) in [5.41, 5.74) is 5.93. The van der Waals surface area contributed by atoms with E-state index < -0.39 is 12.1 Å². The molecule has 6 heteroatoms. The third-order valence-electron chi connectivity index (χ3n) is 3.52. The van der Waals surface area contributed by atoms with Gasteiger partial charge in [-0.3, -0.25) is 4.79 Å². The van der Waals surface area contributed by atoms with Gasteiger partial charge in [-0.05, 0) is 26.2 Å². The van der Waals surface area contributed by atoms with Crippen LogP contribution < -0.4 is 11.1 Å².